The number of nitrogens with zero attached hydrogens (tertiary/aromatic N) is 1. The lowest BCUT2D eigenvalue weighted by molar-refractivity contribution is -0.185. The number of amides is 1. The summed E-state index contributed by atoms with van der Waals surface area (Å²) in [6.45, 7) is 0.0279. The van der Waals surface area contributed by atoms with Crippen molar-refractivity contribution in [3.63, 3.8) is 0 Å². The van der Waals surface area contributed by atoms with Crippen LogP contribution in [-0.4, -0.2) is 30.1 Å². The van der Waals surface area contributed by atoms with Gasteiger partial charge in [-0.05, 0) is 36.1 Å². The minimum absolute atomic E-state index is 0.00891. The molecule has 0 spiro atoms. The Hall–Kier alpha value is -1.43. The van der Waals surface area contributed by atoms with Gasteiger partial charge in [0, 0.05) is 23.8 Å². The number of hydrogen-bond donors (Lipinski definition) is 1. The smallest absolute Gasteiger partial charge is 0.399 e. The molecular weight excluding hydrogens is 281 g/mol. The van der Waals surface area contributed by atoms with Gasteiger partial charge < -0.3 is 10.6 Å². The highest BCUT2D eigenvalue weighted by Crippen LogP contribution is 2.28. The number of rotatable bonds is 0. The van der Waals surface area contributed by atoms with Crippen molar-refractivity contribution in [2.45, 2.75) is 19.0 Å². The van der Waals surface area contributed by atoms with Crippen molar-refractivity contribution in [2.24, 2.45) is 0 Å². The van der Waals surface area contributed by atoms with E-state index in [0.29, 0.717) is 23.6 Å². The zero-order chi connectivity index (χ0) is 14.2. The largest absolute Gasteiger partial charge is 0.471 e. The van der Waals surface area contributed by atoms with Gasteiger partial charge in [-0.25, -0.2) is 0 Å². The second kappa shape index (κ2) is 4.92. The molecule has 7 heteroatoms. The van der Waals surface area contributed by atoms with E-state index in [1.54, 1.807) is 12.1 Å². The first kappa shape index (κ1) is 14.0. The first-order valence-electron chi connectivity index (χ1n) is 5.72. The van der Waals surface area contributed by atoms with Gasteiger partial charge in [0.1, 0.15) is 0 Å². The summed E-state index contributed by atoms with van der Waals surface area (Å²) in [4.78, 5) is 12.0. The third-order valence-electron chi connectivity index (χ3n) is 3.12. The first-order chi connectivity index (χ1) is 8.79. The Morgan fingerprint density at radius 1 is 1.26 bits per heavy atom. The Bertz CT molecular complexity index is 516. The number of carbonyl (C=O) groups is 1. The lowest BCUT2D eigenvalue weighted by Gasteiger charge is -2.21. The number of halogens is 4. The van der Waals surface area contributed by atoms with Crippen molar-refractivity contribution in [1.29, 1.82) is 0 Å². The molecule has 0 bridgehead atoms. The highest BCUT2D eigenvalue weighted by atomic mass is 35.5. The second-order valence-corrected chi connectivity index (χ2v) is 4.84. The minimum Gasteiger partial charge on any atom is -0.399 e. The van der Waals surface area contributed by atoms with Gasteiger partial charge in [0.05, 0.1) is 0 Å². The monoisotopic (exact) mass is 292 g/mol. The van der Waals surface area contributed by atoms with Gasteiger partial charge in [0.15, 0.2) is 0 Å². The normalized spacial score (nSPS) is 15.9. The van der Waals surface area contributed by atoms with Crippen LogP contribution in [0.25, 0.3) is 0 Å². The molecule has 0 aliphatic carbocycles. The van der Waals surface area contributed by atoms with Gasteiger partial charge in [-0.2, -0.15) is 13.2 Å². The second-order valence-electron chi connectivity index (χ2n) is 4.43. The fourth-order valence-corrected chi connectivity index (χ4v) is 2.56. The molecule has 0 aromatic heterocycles. The predicted molar refractivity (Wildman–Crippen MR) is 65.9 cm³/mol. The maximum absolute atomic E-state index is 12.4. The molecule has 0 fully saturated rings. The molecule has 104 valence electrons. The molecule has 1 aliphatic rings. The quantitative estimate of drug-likeness (QED) is 0.747. The first-order valence-corrected chi connectivity index (χ1v) is 6.09. The van der Waals surface area contributed by atoms with Crippen LogP contribution in [0.5, 0.6) is 0 Å². The minimum atomic E-state index is -4.83. The van der Waals surface area contributed by atoms with Gasteiger partial charge in [0.25, 0.3) is 0 Å². The molecule has 3 nitrogen and oxygen atoms in total. The number of nitrogen functional groups attached to an aromatic ring is 1. The summed E-state index contributed by atoms with van der Waals surface area (Å²) in [6, 6.07) is 3.27. The summed E-state index contributed by atoms with van der Waals surface area (Å²) in [5, 5.41) is 0.441. The van der Waals surface area contributed by atoms with Crippen LogP contribution in [0.3, 0.4) is 0 Å². The van der Waals surface area contributed by atoms with Crippen LogP contribution in [0.15, 0.2) is 12.1 Å². The predicted octanol–water partition coefficient (Wildman–Crippen LogP) is 2.41. The summed E-state index contributed by atoms with van der Waals surface area (Å²) < 4.78 is 37.2. The van der Waals surface area contributed by atoms with Gasteiger partial charge in [-0.1, -0.05) is 11.6 Å². The van der Waals surface area contributed by atoms with E-state index in [1.165, 1.54) is 0 Å². The summed E-state index contributed by atoms with van der Waals surface area (Å²) in [6.07, 6.45) is -4.21. The third kappa shape index (κ3) is 2.94. The van der Waals surface area contributed by atoms with Crippen LogP contribution in [0, 0.1) is 0 Å². The standard InChI is InChI=1S/C12H12ClF3N2O/c13-10-6-8(17)5-7-1-3-18(4-2-9(7)10)11(19)12(14,15)16/h5-6H,1-4,17H2. The molecule has 1 amide bonds. The number of nitrogens with two attached hydrogens (primary N) is 1. The summed E-state index contributed by atoms with van der Waals surface area (Å²) >= 11 is 6.03. The van der Waals surface area contributed by atoms with Crippen LogP contribution in [0.4, 0.5) is 18.9 Å². The SMILES string of the molecule is Nc1cc(Cl)c2c(c1)CCN(C(=O)C(F)(F)F)CC2. The molecule has 0 radical (unpaired) electrons. The van der Waals surface area contributed by atoms with E-state index >= 15 is 0 Å². The zero-order valence-corrected chi connectivity index (χ0v) is 10.7. The number of alkyl halides is 3. The van der Waals surface area contributed by atoms with Gasteiger partial charge in [-0.3, -0.25) is 4.79 Å². The molecule has 19 heavy (non-hydrogen) atoms. The molecule has 0 unspecified atom stereocenters. The number of anilines is 1. The van der Waals surface area contributed by atoms with E-state index < -0.39 is 12.1 Å². The summed E-state index contributed by atoms with van der Waals surface area (Å²) in [5.74, 6) is -1.80. The Balaban J connectivity index is 2.22. The number of carbonyl (C=O) groups excluding carboxylic acids is 1. The molecule has 1 aliphatic heterocycles. The number of fused-ring (bicyclic) bond motifs is 1. The van der Waals surface area contributed by atoms with Crippen molar-refractivity contribution in [3.8, 4) is 0 Å². The highest BCUT2D eigenvalue weighted by molar-refractivity contribution is 6.31. The average Bonchev–Trinajstić information content (AvgIpc) is 2.49. The topological polar surface area (TPSA) is 46.3 Å². The van der Waals surface area contributed by atoms with Crippen molar-refractivity contribution in [2.75, 3.05) is 18.8 Å². The molecule has 0 saturated carbocycles. The Labute approximate surface area is 113 Å². The summed E-state index contributed by atoms with van der Waals surface area (Å²) in [5.41, 5.74) is 7.70. The molecule has 1 heterocycles. The lowest BCUT2D eigenvalue weighted by Crippen LogP contribution is -2.42. The Morgan fingerprint density at radius 3 is 2.53 bits per heavy atom. The van der Waals surface area contributed by atoms with Crippen LogP contribution < -0.4 is 5.73 Å². The Morgan fingerprint density at radius 2 is 1.89 bits per heavy atom. The Kier molecular flexibility index (Phi) is 3.62. The van der Waals surface area contributed by atoms with E-state index in [9.17, 15) is 18.0 Å². The molecule has 2 rings (SSSR count). The maximum atomic E-state index is 12.4. The van der Waals surface area contributed by atoms with Crippen LogP contribution in [-0.2, 0) is 17.6 Å². The van der Waals surface area contributed by atoms with E-state index in [4.69, 9.17) is 17.3 Å². The molecule has 0 saturated heterocycles. The molecule has 1 aromatic carbocycles. The lowest BCUT2D eigenvalue weighted by atomic mass is 10.0. The van der Waals surface area contributed by atoms with Gasteiger partial charge >= 0.3 is 12.1 Å². The maximum Gasteiger partial charge on any atom is 0.471 e. The van der Waals surface area contributed by atoms with E-state index in [-0.39, 0.29) is 13.1 Å². The van der Waals surface area contributed by atoms with Gasteiger partial charge in [0.2, 0.25) is 0 Å². The van der Waals surface area contributed by atoms with Crippen LogP contribution in [0.2, 0.25) is 5.02 Å². The molecule has 1 aromatic rings. The average molecular weight is 293 g/mol. The van der Waals surface area contributed by atoms with E-state index in [2.05, 4.69) is 0 Å². The van der Waals surface area contributed by atoms with Crippen molar-refractivity contribution < 1.29 is 18.0 Å². The van der Waals surface area contributed by atoms with Crippen molar-refractivity contribution in [1.82, 2.24) is 4.90 Å². The number of benzene rings is 1. The van der Waals surface area contributed by atoms with E-state index in [1.807, 2.05) is 0 Å². The third-order valence-corrected chi connectivity index (χ3v) is 3.46. The van der Waals surface area contributed by atoms with Crippen molar-refractivity contribution >= 4 is 23.2 Å². The summed E-state index contributed by atoms with van der Waals surface area (Å²) in [7, 11) is 0. The van der Waals surface area contributed by atoms with Crippen LogP contribution in [0.1, 0.15) is 11.1 Å². The fourth-order valence-electron chi connectivity index (χ4n) is 2.22. The number of hydrogen-bond acceptors (Lipinski definition) is 2. The van der Waals surface area contributed by atoms with E-state index in [0.717, 1.165) is 16.0 Å². The highest BCUT2D eigenvalue weighted by Gasteiger charge is 2.42. The van der Waals surface area contributed by atoms with Crippen molar-refractivity contribution in [3.05, 3.63) is 28.3 Å². The molecule has 0 atom stereocenters. The molecule has 2 N–H and O–H groups in total. The zero-order valence-electron chi connectivity index (χ0n) is 9.93. The van der Waals surface area contributed by atoms with Gasteiger partial charge in [-0.15, -0.1) is 0 Å². The molecular formula is C12H12ClF3N2O. The van der Waals surface area contributed by atoms with Crippen LogP contribution >= 0.6 is 11.6 Å². The fraction of sp³-hybridized carbons (Fsp3) is 0.417.